The molecule has 0 saturated carbocycles. The highest BCUT2D eigenvalue weighted by molar-refractivity contribution is 7.57. The van der Waals surface area contributed by atoms with Gasteiger partial charge < -0.3 is 13.8 Å². The van der Waals surface area contributed by atoms with Gasteiger partial charge in [-0.25, -0.2) is 4.79 Å². The maximum Gasteiger partial charge on any atom is 0.353 e. The zero-order valence-electron chi connectivity index (χ0n) is 19.1. The predicted octanol–water partition coefficient (Wildman–Crippen LogP) is 5.87. The maximum absolute atomic E-state index is 12.9. The van der Waals surface area contributed by atoms with Gasteiger partial charge in [0.15, 0.2) is 6.04 Å². The zero-order valence-corrected chi connectivity index (χ0v) is 20.0. The molecule has 0 bridgehead atoms. The largest absolute Gasteiger partial charge is 0.464 e. The summed E-state index contributed by atoms with van der Waals surface area (Å²) >= 11 is 0. The molecule has 32 heavy (non-hydrogen) atoms. The number of ether oxygens (including phenoxy) is 1. The smallest absolute Gasteiger partial charge is 0.353 e. The van der Waals surface area contributed by atoms with Crippen LogP contribution in [0.4, 0.5) is 0 Å². The van der Waals surface area contributed by atoms with E-state index in [1.807, 2.05) is 67.6 Å². The van der Waals surface area contributed by atoms with Crippen LogP contribution in [0.15, 0.2) is 77.5 Å². The van der Waals surface area contributed by atoms with Crippen molar-refractivity contribution in [2.45, 2.75) is 33.7 Å². The topological polar surface area (TPSA) is 74.2 Å². The van der Waals surface area contributed by atoms with E-state index in [1.165, 1.54) is 5.82 Å². The van der Waals surface area contributed by atoms with Crippen LogP contribution in [0.2, 0.25) is 0 Å². The molecule has 0 aliphatic heterocycles. The molecule has 2 rings (SSSR count). The number of rotatable bonds is 12. The highest BCUT2D eigenvalue weighted by Crippen LogP contribution is 2.50. The Balaban J connectivity index is 2.49. The second-order valence-corrected chi connectivity index (χ2v) is 8.88. The van der Waals surface area contributed by atoms with Crippen LogP contribution in [-0.4, -0.2) is 37.5 Å². The number of hydrogen-bond acceptors (Lipinski definition) is 6. The van der Waals surface area contributed by atoms with Crippen LogP contribution in [-0.2, 0) is 23.1 Å². The molecule has 0 spiro atoms. The molecular weight excluding hydrogens is 425 g/mol. The van der Waals surface area contributed by atoms with Gasteiger partial charge >= 0.3 is 13.6 Å². The van der Waals surface area contributed by atoms with Gasteiger partial charge in [-0.3, -0.25) is 9.56 Å². The van der Waals surface area contributed by atoms with Gasteiger partial charge in [-0.1, -0.05) is 73.7 Å². The molecule has 2 aromatic rings. The minimum atomic E-state index is -3.39. The molecule has 6 nitrogen and oxygen atoms in total. The Morgan fingerprint density at radius 1 is 0.906 bits per heavy atom. The first kappa shape index (κ1) is 25.7. The minimum absolute atomic E-state index is 0.240. The fourth-order valence-corrected chi connectivity index (χ4v) is 4.54. The van der Waals surface area contributed by atoms with E-state index in [0.717, 1.165) is 11.1 Å². The van der Waals surface area contributed by atoms with Gasteiger partial charge in [-0.05, 0) is 20.8 Å². The first-order valence-electron chi connectivity index (χ1n) is 10.9. The SMILES string of the molecule is CCOC(=O)[C@@H](N=C(c1ccccc1)c1ccccc1)[C@@H](C)/C=C/P(=O)(OCC)OCC. The van der Waals surface area contributed by atoms with Gasteiger partial charge in [0, 0.05) is 22.9 Å². The van der Waals surface area contributed by atoms with Crippen LogP contribution >= 0.6 is 7.60 Å². The summed E-state index contributed by atoms with van der Waals surface area (Å²) in [5, 5.41) is 0. The Morgan fingerprint density at radius 3 is 1.84 bits per heavy atom. The molecule has 172 valence electrons. The van der Waals surface area contributed by atoms with E-state index < -0.39 is 25.5 Å². The quantitative estimate of drug-likeness (QED) is 0.226. The number of carbonyl (C=O) groups is 1. The van der Waals surface area contributed by atoms with Crippen LogP contribution in [0.25, 0.3) is 0 Å². The number of nitrogens with zero attached hydrogens (tertiary/aromatic N) is 1. The Morgan fingerprint density at radius 2 is 1.41 bits per heavy atom. The third-order valence-corrected chi connectivity index (χ3v) is 6.35. The maximum atomic E-state index is 12.9. The van der Waals surface area contributed by atoms with E-state index in [1.54, 1.807) is 26.8 Å². The van der Waals surface area contributed by atoms with Crippen molar-refractivity contribution in [2.24, 2.45) is 10.9 Å². The van der Waals surface area contributed by atoms with Gasteiger partial charge in [-0.15, -0.1) is 0 Å². The molecule has 7 heteroatoms. The van der Waals surface area contributed by atoms with Crippen LogP contribution < -0.4 is 0 Å². The van der Waals surface area contributed by atoms with Crippen molar-refractivity contribution in [3.05, 3.63) is 83.7 Å². The number of benzene rings is 2. The van der Waals surface area contributed by atoms with Crippen molar-refractivity contribution >= 4 is 19.3 Å². The average molecular weight is 458 g/mol. The van der Waals surface area contributed by atoms with Crippen molar-refractivity contribution in [1.82, 2.24) is 0 Å². The van der Waals surface area contributed by atoms with Crippen LogP contribution in [0, 0.1) is 5.92 Å². The van der Waals surface area contributed by atoms with E-state index in [0.29, 0.717) is 5.71 Å². The first-order valence-corrected chi connectivity index (χ1v) is 12.5. The molecule has 0 amide bonds. The molecule has 2 atom stereocenters. The fourth-order valence-electron chi connectivity index (χ4n) is 3.09. The second-order valence-electron chi connectivity index (χ2n) is 6.98. The monoisotopic (exact) mass is 457 g/mol. The molecule has 0 heterocycles. The Bertz CT molecular complexity index is 892. The van der Waals surface area contributed by atoms with E-state index in [9.17, 15) is 9.36 Å². The van der Waals surface area contributed by atoms with E-state index in [4.69, 9.17) is 18.8 Å². The van der Waals surface area contributed by atoms with Crippen LogP contribution in [0.5, 0.6) is 0 Å². The number of hydrogen-bond donors (Lipinski definition) is 0. The molecule has 0 unspecified atom stereocenters. The third-order valence-electron chi connectivity index (χ3n) is 4.58. The average Bonchev–Trinajstić information content (AvgIpc) is 2.80. The van der Waals surface area contributed by atoms with Gasteiger partial charge in [0.1, 0.15) is 0 Å². The lowest BCUT2D eigenvalue weighted by atomic mass is 9.99. The Kier molecular flexibility index (Phi) is 10.5. The normalized spacial score (nSPS) is 13.5. The van der Waals surface area contributed by atoms with Gasteiger partial charge in [0.05, 0.1) is 25.5 Å². The highest BCUT2D eigenvalue weighted by Gasteiger charge is 2.27. The molecule has 0 N–H and O–H groups in total. The molecule has 0 radical (unpaired) electrons. The summed E-state index contributed by atoms with van der Waals surface area (Å²) in [6.45, 7) is 7.83. The van der Waals surface area contributed by atoms with Crippen LogP contribution in [0.1, 0.15) is 38.8 Å². The summed E-state index contributed by atoms with van der Waals surface area (Å²) in [5.74, 6) is 0.555. The summed E-state index contributed by atoms with van der Waals surface area (Å²) in [6.07, 6.45) is 1.66. The Hall–Kier alpha value is -2.53. The van der Waals surface area contributed by atoms with Gasteiger partial charge in [-0.2, -0.15) is 0 Å². The lowest BCUT2D eigenvalue weighted by Gasteiger charge is -2.19. The molecular formula is C25H32NO5P. The van der Waals surface area contributed by atoms with Crippen molar-refractivity contribution < 1.29 is 23.1 Å². The summed E-state index contributed by atoms with van der Waals surface area (Å²) in [5.41, 5.74) is 2.46. The van der Waals surface area contributed by atoms with Crippen molar-refractivity contribution in [3.8, 4) is 0 Å². The summed E-state index contributed by atoms with van der Waals surface area (Å²) < 4.78 is 28.8. The van der Waals surface area contributed by atoms with E-state index in [2.05, 4.69) is 0 Å². The second kappa shape index (κ2) is 13.1. The summed E-state index contributed by atoms with van der Waals surface area (Å²) in [6, 6.07) is 18.5. The van der Waals surface area contributed by atoms with Crippen molar-refractivity contribution in [3.63, 3.8) is 0 Å². The van der Waals surface area contributed by atoms with Crippen LogP contribution in [0.3, 0.4) is 0 Å². The molecule has 0 aromatic heterocycles. The lowest BCUT2D eigenvalue weighted by molar-refractivity contribution is -0.145. The minimum Gasteiger partial charge on any atom is -0.464 e. The van der Waals surface area contributed by atoms with E-state index >= 15 is 0 Å². The molecule has 0 aliphatic rings. The van der Waals surface area contributed by atoms with Gasteiger partial charge in [0.25, 0.3) is 0 Å². The van der Waals surface area contributed by atoms with Crippen molar-refractivity contribution in [1.29, 1.82) is 0 Å². The van der Waals surface area contributed by atoms with E-state index in [-0.39, 0.29) is 19.8 Å². The molecule has 2 aromatic carbocycles. The fraction of sp³-hybridized carbons (Fsp3) is 0.360. The highest BCUT2D eigenvalue weighted by atomic mass is 31.2. The predicted molar refractivity (Wildman–Crippen MR) is 128 cm³/mol. The third kappa shape index (κ3) is 7.56. The molecule has 0 fully saturated rings. The first-order chi connectivity index (χ1) is 15.4. The molecule has 0 saturated heterocycles. The molecule has 0 aliphatic carbocycles. The Labute approximate surface area is 190 Å². The standard InChI is InChI=1S/C25H32NO5P/c1-5-29-25(27)23(20(4)18-19-32(28,30-6-2)31-7-3)26-24(21-14-10-8-11-15-21)22-16-12-9-13-17-22/h8-20,23H,5-7H2,1-4H3/b19-18+/t20-,23-/m0/s1. The number of carbonyl (C=O) groups excluding carboxylic acids is 1. The number of aliphatic imine (C=N–C) groups is 1. The summed E-state index contributed by atoms with van der Waals surface area (Å²) in [7, 11) is -3.39. The van der Waals surface area contributed by atoms with Crippen molar-refractivity contribution in [2.75, 3.05) is 19.8 Å². The van der Waals surface area contributed by atoms with Gasteiger partial charge in [0.2, 0.25) is 0 Å². The summed E-state index contributed by atoms with van der Waals surface area (Å²) in [4.78, 5) is 17.7. The number of esters is 1. The zero-order chi connectivity index (χ0) is 23.4. The lowest BCUT2D eigenvalue weighted by Crippen LogP contribution is -2.29.